The van der Waals surface area contributed by atoms with E-state index < -0.39 is 10.0 Å². The van der Waals surface area contributed by atoms with Gasteiger partial charge in [0.15, 0.2) is 0 Å². The number of nitrogens with one attached hydrogen (secondary N) is 1. The Morgan fingerprint density at radius 1 is 1.38 bits per heavy atom. The minimum absolute atomic E-state index is 0.266. The number of nitrogens with zero attached hydrogens (tertiary/aromatic N) is 1. The monoisotopic (exact) mass is 316 g/mol. The zero-order valence-corrected chi connectivity index (χ0v) is 13.7. The first kappa shape index (κ1) is 16.5. The van der Waals surface area contributed by atoms with Crippen LogP contribution < -0.4 is 5.32 Å². The van der Waals surface area contributed by atoms with Gasteiger partial charge in [0.05, 0.1) is 6.54 Å². The van der Waals surface area contributed by atoms with Crippen molar-refractivity contribution in [2.45, 2.75) is 31.2 Å². The van der Waals surface area contributed by atoms with E-state index in [2.05, 4.69) is 5.32 Å². The highest BCUT2D eigenvalue weighted by Crippen LogP contribution is 2.25. The lowest BCUT2D eigenvalue weighted by Gasteiger charge is -2.26. The molecule has 0 bridgehead atoms. The topological polar surface area (TPSA) is 71.8 Å². The fraction of sp³-hybridized carbons (Fsp3) is 0.714. The van der Waals surface area contributed by atoms with Crippen LogP contribution in [0.4, 0.5) is 0 Å². The zero-order chi connectivity index (χ0) is 15.5. The van der Waals surface area contributed by atoms with Crippen molar-refractivity contribution >= 4 is 10.0 Å². The van der Waals surface area contributed by atoms with Crippen molar-refractivity contribution in [3.05, 3.63) is 17.6 Å². The Bertz CT molecular complexity index is 562. The first-order valence-corrected chi connectivity index (χ1v) is 8.67. The van der Waals surface area contributed by atoms with E-state index in [1.807, 2.05) is 0 Å². The molecule has 21 heavy (non-hydrogen) atoms. The molecule has 1 aromatic rings. The van der Waals surface area contributed by atoms with Gasteiger partial charge in [-0.1, -0.05) is 0 Å². The van der Waals surface area contributed by atoms with Crippen LogP contribution in [-0.4, -0.2) is 46.6 Å². The summed E-state index contributed by atoms with van der Waals surface area (Å²) in [5.41, 5.74) is 0. The Morgan fingerprint density at radius 2 is 2.05 bits per heavy atom. The minimum Gasteiger partial charge on any atom is -0.464 e. The summed E-state index contributed by atoms with van der Waals surface area (Å²) in [5, 5.41) is 2.95. The summed E-state index contributed by atoms with van der Waals surface area (Å²) in [4.78, 5) is 0.266. The molecule has 0 aliphatic carbocycles. The van der Waals surface area contributed by atoms with Gasteiger partial charge in [0, 0.05) is 32.9 Å². The summed E-state index contributed by atoms with van der Waals surface area (Å²) in [6.45, 7) is 4.16. The Morgan fingerprint density at radius 3 is 2.67 bits per heavy atom. The summed E-state index contributed by atoms with van der Waals surface area (Å²) < 4.78 is 37.6. The Balaban J connectivity index is 2.12. The first-order valence-electron chi connectivity index (χ1n) is 7.23. The molecule has 0 atom stereocenters. The van der Waals surface area contributed by atoms with E-state index in [1.54, 1.807) is 27.1 Å². The lowest BCUT2D eigenvalue weighted by atomic mass is 10.0. The van der Waals surface area contributed by atoms with Crippen LogP contribution in [0, 0.1) is 12.8 Å². The van der Waals surface area contributed by atoms with Gasteiger partial charge in [0.1, 0.15) is 16.4 Å². The summed E-state index contributed by atoms with van der Waals surface area (Å²) in [6, 6.07) is 1.61. The second-order valence-electron chi connectivity index (χ2n) is 5.50. The van der Waals surface area contributed by atoms with Crippen molar-refractivity contribution in [1.82, 2.24) is 9.62 Å². The van der Waals surface area contributed by atoms with Gasteiger partial charge >= 0.3 is 0 Å². The van der Waals surface area contributed by atoms with Gasteiger partial charge in [-0.05, 0) is 32.7 Å². The van der Waals surface area contributed by atoms with Gasteiger partial charge in [-0.3, -0.25) is 0 Å². The van der Waals surface area contributed by atoms with E-state index in [0.717, 1.165) is 26.1 Å². The summed E-state index contributed by atoms with van der Waals surface area (Å²) in [6.07, 6.45) is 1.82. The molecule has 1 saturated heterocycles. The lowest BCUT2D eigenvalue weighted by Crippen LogP contribution is -2.34. The van der Waals surface area contributed by atoms with Crippen molar-refractivity contribution in [2.75, 3.05) is 33.9 Å². The maximum absolute atomic E-state index is 12.7. The van der Waals surface area contributed by atoms with Crippen LogP contribution in [0.5, 0.6) is 0 Å². The molecule has 6 nitrogen and oxygen atoms in total. The van der Waals surface area contributed by atoms with Crippen LogP contribution in [0.1, 0.15) is 24.4 Å². The van der Waals surface area contributed by atoms with Gasteiger partial charge in [-0.25, -0.2) is 12.7 Å². The van der Waals surface area contributed by atoms with Crippen molar-refractivity contribution in [3.8, 4) is 0 Å². The molecule has 7 heteroatoms. The molecule has 0 unspecified atom stereocenters. The maximum atomic E-state index is 12.7. The number of furan rings is 1. The molecule has 0 spiro atoms. The second-order valence-corrected chi connectivity index (χ2v) is 7.52. The van der Waals surface area contributed by atoms with Crippen molar-refractivity contribution in [3.63, 3.8) is 0 Å². The number of aryl methyl sites for hydroxylation is 1. The van der Waals surface area contributed by atoms with E-state index in [1.165, 1.54) is 4.31 Å². The third-order valence-corrected chi connectivity index (χ3v) is 5.75. The van der Waals surface area contributed by atoms with Crippen LogP contribution in [0.25, 0.3) is 0 Å². The standard InChI is InChI=1S/C14H24N2O4S/c1-11-14(8-13(20-11)9-15-2)21(17,18)16(3)10-12-4-6-19-7-5-12/h8,12,15H,4-7,9-10H2,1-3H3. The van der Waals surface area contributed by atoms with E-state index in [0.29, 0.717) is 30.5 Å². The molecule has 120 valence electrons. The van der Waals surface area contributed by atoms with Crippen LogP contribution >= 0.6 is 0 Å². The molecule has 0 radical (unpaired) electrons. The SMILES string of the molecule is CNCc1cc(S(=O)(=O)N(C)CC2CCOCC2)c(C)o1. The third kappa shape index (κ3) is 3.85. The highest BCUT2D eigenvalue weighted by molar-refractivity contribution is 7.89. The van der Waals surface area contributed by atoms with Gasteiger partial charge in [0.25, 0.3) is 0 Å². The maximum Gasteiger partial charge on any atom is 0.246 e. The van der Waals surface area contributed by atoms with Gasteiger partial charge in [0.2, 0.25) is 10.0 Å². The highest BCUT2D eigenvalue weighted by Gasteiger charge is 2.28. The molecule has 2 rings (SSSR count). The van der Waals surface area contributed by atoms with Crippen LogP contribution in [0.15, 0.2) is 15.4 Å². The van der Waals surface area contributed by atoms with Crippen LogP contribution in [0.3, 0.4) is 0 Å². The van der Waals surface area contributed by atoms with E-state index in [-0.39, 0.29) is 4.90 Å². The molecule has 1 N–H and O–H groups in total. The van der Waals surface area contributed by atoms with Crippen LogP contribution in [-0.2, 0) is 21.3 Å². The summed E-state index contributed by atoms with van der Waals surface area (Å²) in [7, 11) is -0.0667. The molecule has 1 aromatic heterocycles. The quantitative estimate of drug-likeness (QED) is 0.858. The molecule has 1 aliphatic heterocycles. The molecule has 1 fully saturated rings. The number of sulfonamides is 1. The fourth-order valence-electron chi connectivity index (χ4n) is 2.60. The normalized spacial score (nSPS) is 17.5. The predicted octanol–water partition coefficient (Wildman–Crippen LogP) is 1.35. The van der Waals surface area contributed by atoms with E-state index >= 15 is 0 Å². The fourth-order valence-corrected chi connectivity index (χ4v) is 4.03. The van der Waals surface area contributed by atoms with E-state index in [9.17, 15) is 8.42 Å². The number of ether oxygens (including phenoxy) is 1. The van der Waals surface area contributed by atoms with Crippen molar-refractivity contribution in [1.29, 1.82) is 0 Å². The number of hydrogen-bond acceptors (Lipinski definition) is 5. The molecular weight excluding hydrogens is 292 g/mol. The predicted molar refractivity (Wildman–Crippen MR) is 79.6 cm³/mol. The average Bonchev–Trinajstić information content (AvgIpc) is 2.82. The summed E-state index contributed by atoms with van der Waals surface area (Å²) in [5.74, 6) is 1.44. The Labute approximate surface area is 126 Å². The zero-order valence-electron chi connectivity index (χ0n) is 12.9. The molecule has 0 aromatic carbocycles. The van der Waals surface area contributed by atoms with Crippen molar-refractivity contribution in [2.24, 2.45) is 5.92 Å². The van der Waals surface area contributed by atoms with Gasteiger partial charge < -0.3 is 14.5 Å². The molecule has 2 heterocycles. The molecule has 1 aliphatic rings. The third-order valence-electron chi connectivity index (χ3n) is 3.82. The molecule has 0 saturated carbocycles. The first-order chi connectivity index (χ1) is 9.95. The lowest BCUT2D eigenvalue weighted by molar-refractivity contribution is 0.0620. The minimum atomic E-state index is -3.50. The highest BCUT2D eigenvalue weighted by atomic mass is 32.2. The average molecular weight is 316 g/mol. The Hall–Kier alpha value is -0.890. The van der Waals surface area contributed by atoms with Gasteiger partial charge in [-0.2, -0.15) is 0 Å². The molecular formula is C14H24N2O4S. The number of rotatable bonds is 6. The largest absolute Gasteiger partial charge is 0.464 e. The van der Waals surface area contributed by atoms with E-state index in [4.69, 9.17) is 9.15 Å². The number of hydrogen-bond donors (Lipinski definition) is 1. The smallest absolute Gasteiger partial charge is 0.246 e. The summed E-state index contributed by atoms with van der Waals surface area (Å²) >= 11 is 0. The van der Waals surface area contributed by atoms with Crippen LogP contribution in [0.2, 0.25) is 0 Å². The molecule has 0 amide bonds. The Kier molecular flexibility index (Phi) is 5.43. The van der Waals surface area contributed by atoms with Crippen molar-refractivity contribution < 1.29 is 17.6 Å². The second kappa shape index (κ2) is 6.91. The van der Waals surface area contributed by atoms with Gasteiger partial charge in [-0.15, -0.1) is 0 Å².